The van der Waals surface area contributed by atoms with Crippen LogP contribution in [0.4, 0.5) is 0 Å². The number of methoxy groups -OCH3 is 1. The molecule has 6 saturated carbocycles. The van der Waals surface area contributed by atoms with E-state index in [0.717, 1.165) is 64.5 Å². The van der Waals surface area contributed by atoms with Gasteiger partial charge in [0.15, 0.2) is 0 Å². The molecular weight excluding hydrogens is 572 g/mol. The Kier molecular flexibility index (Phi) is 8.59. The zero-order valence-corrected chi connectivity index (χ0v) is 30.7. The van der Waals surface area contributed by atoms with Crippen LogP contribution >= 0.6 is 0 Å². The lowest BCUT2D eigenvalue weighted by Crippen LogP contribution is -2.67. The van der Waals surface area contributed by atoms with Crippen LogP contribution in [0.3, 0.4) is 0 Å². The second kappa shape index (κ2) is 11.7. The summed E-state index contributed by atoms with van der Waals surface area (Å²) in [6, 6.07) is 0. The van der Waals surface area contributed by atoms with Crippen LogP contribution in [0.25, 0.3) is 0 Å². The number of carbonyl (C=O) groups is 1. The van der Waals surface area contributed by atoms with Crippen LogP contribution in [0.2, 0.25) is 0 Å². The summed E-state index contributed by atoms with van der Waals surface area (Å²) in [5, 5.41) is 11.1. The first kappa shape index (κ1) is 33.8. The molecule has 6 aliphatic carbocycles. The van der Waals surface area contributed by atoms with E-state index in [2.05, 4.69) is 51.3 Å². The number of aliphatic hydroxyl groups excluding tert-OH is 1. The second-order valence-corrected chi connectivity index (χ2v) is 19.3. The number of hydrogen-bond donors (Lipinski definition) is 1. The van der Waals surface area contributed by atoms with Crippen molar-refractivity contribution in [3.8, 4) is 0 Å². The van der Waals surface area contributed by atoms with Crippen molar-refractivity contribution in [3.63, 3.8) is 0 Å². The van der Waals surface area contributed by atoms with Crippen molar-refractivity contribution in [2.24, 2.45) is 62.1 Å². The van der Waals surface area contributed by atoms with E-state index in [0.29, 0.717) is 59.0 Å². The number of amides is 1. The molecule has 262 valence electrons. The molecule has 1 heterocycles. The van der Waals surface area contributed by atoms with Crippen molar-refractivity contribution in [3.05, 3.63) is 0 Å². The van der Waals surface area contributed by atoms with Gasteiger partial charge < -0.3 is 19.5 Å². The molecule has 0 bridgehead atoms. The third kappa shape index (κ3) is 4.86. The maximum atomic E-state index is 15.0. The van der Waals surface area contributed by atoms with Gasteiger partial charge in [-0.15, -0.1) is 0 Å². The Bertz CT molecular complexity index is 1150. The molecule has 0 aromatic carbocycles. The van der Waals surface area contributed by atoms with Crippen LogP contribution in [-0.4, -0.2) is 86.6 Å². The highest BCUT2D eigenvalue weighted by molar-refractivity contribution is 5.84. The molecule has 0 spiro atoms. The molecule has 0 aromatic heterocycles. The smallest absolute Gasteiger partial charge is 0.229 e. The van der Waals surface area contributed by atoms with E-state index in [-0.39, 0.29) is 22.3 Å². The van der Waals surface area contributed by atoms with Gasteiger partial charge in [-0.1, -0.05) is 41.5 Å². The van der Waals surface area contributed by atoms with E-state index in [9.17, 15) is 5.11 Å². The van der Waals surface area contributed by atoms with Crippen LogP contribution in [0.5, 0.6) is 0 Å². The molecule has 1 amide bonds. The maximum absolute atomic E-state index is 15.0. The fourth-order valence-corrected chi connectivity index (χ4v) is 14.2. The van der Waals surface area contributed by atoms with E-state index in [4.69, 9.17) is 9.47 Å². The second-order valence-electron chi connectivity index (χ2n) is 19.3. The quantitative estimate of drug-likeness (QED) is 0.289. The van der Waals surface area contributed by atoms with E-state index >= 15 is 4.79 Å². The van der Waals surface area contributed by atoms with Gasteiger partial charge in [-0.05, 0) is 134 Å². The van der Waals surface area contributed by atoms with Gasteiger partial charge in [0.05, 0.1) is 31.3 Å². The van der Waals surface area contributed by atoms with Gasteiger partial charge in [-0.2, -0.15) is 0 Å². The van der Waals surface area contributed by atoms with Gasteiger partial charge in [-0.25, -0.2) is 0 Å². The molecule has 6 heteroatoms. The zero-order valence-electron chi connectivity index (χ0n) is 30.7. The number of carbonyl (C=O) groups excluding carboxylic acids is 1. The Hall–Kier alpha value is -0.690. The number of aliphatic hydroxyl groups is 1. The monoisotopic (exact) mass is 641 g/mol. The summed E-state index contributed by atoms with van der Waals surface area (Å²) in [5.41, 5.74) is 1.21. The number of ether oxygens (including phenoxy) is 2. The van der Waals surface area contributed by atoms with Crippen LogP contribution in [-0.2, 0) is 14.3 Å². The average molecular weight is 641 g/mol. The van der Waals surface area contributed by atoms with Crippen LogP contribution in [0.1, 0.15) is 119 Å². The van der Waals surface area contributed by atoms with Gasteiger partial charge in [0, 0.05) is 39.8 Å². The molecule has 10 atom stereocenters. The summed E-state index contributed by atoms with van der Waals surface area (Å²) in [4.78, 5) is 19.8. The van der Waals surface area contributed by atoms with Crippen molar-refractivity contribution >= 4 is 5.91 Å². The fraction of sp³-hybridized carbons (Fsp3) is 0.975. The minimum atomic E-state index is -0.169. The Balaban J connectivity index is 1.13. The predicted molar refractivity (Wildman–Crippen MR) is 183 cm³/mol. The summed E-state index contributed by atoms with van der Waals surface area (Å²) in [6.07, 6.45) is 14.6. The van der Waals surface area contributed by atoms with Crippen molar-refractivity contribution < 1.29 is 19.4 Å². The van der Waals surface area contributed by atoms with E-state index in [1.807, 2.05) is 0 Å². The number of piperazine rings is 1. The molecule has 7 aliphatic rings. The highest BCUT2D eigenvalue weighted by Gasteiger charge is 2.73. The highest BCUT2D eigenvalue weighted by atomic mass is 16.5. The van der Waals surface area contributed by atoms with Crippen LogP contribution < -0.4 is 0 Å². The predicted octanol–water partition coefficient (Wildman–Crippen LogP) is 7.04. The lowest BCUT2D eigenvalue weighted by atomic mass is 9.32. The molecule has 1 saturated heterocycles. The molecule has 7 fully saturated rings. The minimum absolute atomic E-state index is 0.00159. The van der Waals surface area contributed by atoms with Crippen LogP contribution in [0, 0.1) is 62.1 Å². The summed E-state index contributed by atoms with van der Waals surface area (Å²) < 4.78 is 10.9. The zero-order chi connectivity index (χ0) is 32.8. The van der Waals surface area contributed by atoms with Crippen LogP contribution in [0.15, 0.2) is 0 Å². The van der Waals surface area contributed by atoms with Gasteiger partial charge >= 0.3 is 0 Å². The molecule has 1 aliphatic heterocycles. The first-order valence-electron chi connectivity index (χ1n) is 19.5. The van der Waals surface area contributed by atoms with Crippen molar-refractivity contribution in [2.45, 2.75) is 125 Å². The standard InChI is InChI=1S/C40H68N2O4/c1-35(2)30-11-14-39(6)31(37(30,4)13-12-32(35)43)9-8-29-33-28(36(3)16-17-36)10-15-40(33,19-18-38(29,39)5)34(44)42-22-20-41(21-23-42)24-25-46-27-26-45-7/h28-33,43H,8-27H2,1-7H3/t28-,29-,30+,31-,32+,33-,37+,38-,39-,40+/m1/s1. The number of hydrogen-bond acceptors (Lipinski definition) is 5. The summed E-state index contributed by atoms with van der Waals surface area (Å²) in [6.45, 7) is 22.0. The summed E-state index contributed by atoms with van der Waals surface area (Å²) in [7, 11) is 1.72. The van der Waals surface area contributed by atoms with Gasteiger partial charge in [0.25, 0.3) is 0 Å². The first-order chi connectivity index (χ1) is 21.8. The molecule has 0 aromatic rings. The van der Waals surface area contributed by atoms with E-state index < -0.39 is 0 Å². The Morgan fingerprint density at radius 1 is 0.717 bits per heavy atom. The normalized spacial score (nSPS) is 47.8. The van der Waals surface area contributed by atoms with Crippen molar-refractivity contribution in [2.75, 3.05) is 59.7 Å². The Labute approximate surface area is 281 Å². The van der Waals surface area contributed by atoms with Crippen molar-refractivity contribution in [1.29, 1.82) is 0 Å². The molecule has 1 N–H and O–H groups in total. The summed E-state index contributed by atoms with van der Waals surface area (Å²) in [5.74, 6) is 3.77. The maximum Gasteiger partial charge on any atom is 0.229 e. The molecule has 6 nitrogen and oxygen atoms in total. The minimum Gasteiger partial charge on any atom is -0.393 e. The third-order valence-electron chi connectivity index (χ3n) is 17.4. The van der Waals surface area contributed by atoms with Crippen molar-refractivity contribution in [1.82, 2.24) is 9.80 Å². The molecular formula is C40H68N2O4. The van der Waals surface area contributed by atoms with E-state index in [1.165, 1.54) is 57.8 Å². The highest BCUT2D eigenvalue weighted by Crippen LogP contribution is 2.79. The van der Waals surface area contributed by atoms with E-state index in [1.54, 1.807) is 7.11 Å². The van der Waals surface area contributed by atoms with Gasteiger partial charge in [0.2, 0.25) is 5.91 Å². The molecule has 0 radical (unpaired) electrons. The fourth-order valence-electron chi connectivity index (χ4n) is 14.2. The molecule has 46 heavy (non-hydrogen) atoms. The lowest BCUT2D eigenvalue weighted by molar-refractivity contribution is -0.249. The van der Waals surface area contributed by atoms with Gasteiger partial charge in [-0.3, -0.25) is 9.69 Å². The number of nitrogens with zero attached hydrogens (tertiary/aromatic N) is 2. The van der Waals surface area contributed by atoms with Gasteiger partial charge in [0.1, 0.15) is 0 Å². The molecule has 7 rings (SSSR count). The number of fused-ring (bicyclic) bond motifs is 7. The third-order valence-corrected chi connectivity index (χ3v) is 17.4. The number of rotatable bonds is 8. The summed E-state index contributed by atoms with van der Waals surface area (Å²) >= 11 is 0. The first-order valence-corrected chi connectivity index (χ1v) is 19.5. The SMILES string of the molecule is COCCOCCN1CCN(C(=O)[C@]23CC[C@@H](C4(C)CC4)[C@@H]2[C@H]2CC[C@@H]4[C@@]5(C)CC[C@H](O)C(C)(C)[C@@H]5CC[C@@]4(C)[C@]2(C)CC3)CC1. The largest absolute Gasteiger partial charge is 0.393 e. The molecule has 0 unspecified atom stereocenters. The Morgan fingerprint density at radius 3 is 2.15 bits per heavy atom. The topological polar surface area (TPSA) is 62.2 Å². The lowest BCUT2D eigenvalue weighted by Gasteiger charge is -2.73. The Morgan fingerprint density at radius 2 is 1.46 bits per heavy atom. The average Bonchev–Trinajstić information content (AvgIpc) is 3.64.